The molecule has 1 amide bonds. The summed E-state index contributed by atoms with van der Waals surface area (Å²) in [5.74, 6) is -0.883. The minimum atomic E-state index is -4.02. The highest BCUT2D eigenvalue weighted by Crippen LogP contribution is 2.26. The molecule has 5 nitrogen and oxygen atoms in total. The Kier molecular flexibility index (Phi) is 6.97. The van der Waals surface area contributed by atoms with Gasteiger partial charge in [0.25, 0.3) is 10.0 Å². The second-order valence-corrected chi connectivity index (χ2v) is 9.44. The molecule has 162 valence electrons. The summed E-state index contributed by atoms with van der Waals surface area (Å²) in [6, 6.07) is 18.0. The Balaban J connectivity index is 1.89. The summed E-state index contributed by atoms with van der Waals surface area (Å²) in [5, 5.41) is 3.11. The molecule has 0 radical (unpaired) electrons. The number of halogens is 2. The quantitative estimate of drug-likeness (QED) is 0.547. The zero-order valence-electron chi connectivity index (χ0n) is 17.0. The predicted molar refractivity (Wildman–Crippen MR) is 120 cm³/mol. The molecule has 0 aromatic heterocycles. The third-order valence-corrected chi connectivity index (χ3v) is 6.76. The van der Waals surface area contributed by atoms with Gasteiger partial charge in [-0.25, -0.2) is 12.8 Å². The van der Waals surface area contributed by atoms with E-state index in [4.69, 9.17) is 11.6 Å². The van der Waals surface area contributed by atoms with E-state index >= 15 is 0 Å². The lowest BCUT2D eigenvalue weighted by Crippen LogP contribution is -2.41. The standard InChI is InChI=1S/C23H22ClFN2O3S/c1-16-6-12-22(13-7-16)31(29,30)27(21-5-3-4-19(24)14-21)15-23(28)26-17(2)18-8-10-20(25)11-9-18/h3-14,17H,15H2,1-2H3,(H,26,28)/t17-/m0/s1. The molecular formula is C23H22ClFN2O3S. The summed E-state index contributed by atoms with van der Waals surface area (Å²) in [6.45, 7) is 3.15. The van der Waals surface area contributed by atoms with Crippen LogP contribution in [0.3, 0.4) is 0 Å². The van der Waals surface area contributed by atoms with Gasteiger partial charge in [-0.2, -0.15) is 0 Å². The van der Waals surface area contributed by atoms with Crippen LogP contribution >= 0.6 is 11.6 Å². The number of sulfonamides is 1. The zero-order chi connectivity index (χ0) is 22.6. The van der Waals surface area contributed by atoms with Gasteiger partial charge in [0.2, 0.25) is 5.91 Å². The van der Waals surface area contributed by atoms with Gasteiger partial charge in [-0.1, -0.05) is 47.5 Å². The summed E-state index contributed by atoms with van der Waals surface area (Å²) in [4.78, 5) is 12.8. The van der Waals surface area contributed by atoms with Crippen LogP contribution in [0.1, 0.15) is 24.1 Å². The first kappa shape index (κ1) is 22.8. The van der Waals surface area contributed by atoms with Crippen molar-refractivity contribution in [2.45, 2.75) is 24.8 Å². The lowest BCUT2D eigenvalue weighted by Gasteiger charge is -2.25. The van der Waals surface area contributed by atoms with Crippen LogP contribution in [-0.4, -0.2) is 20.9 Å². The van der Waals surface area contributed by atoms with Crippen molar-refractivity contribution in [1.29, 1.82) is 0 Å². The molecule has 0 unspecified atom stereocenters. The van der Waals surface area contributed by atoms with Gasteiger partial charge < -0.3 is 5.32 Å². The Morgan fingerprint density at radius 1 is 1.06 bits per heavy atom. The second-order valence-electron chi connectivity index (χ2n) is 7.15. The van der Waals surface area contributed by atoms with E-state index in [-0.39, 0.29) is 16.4 Å². The number of nitrogens with one attached hydrogen (secondary N) is 1. The first-order chi connectivity index (χ1) is 14.7. The molecule has 8 heteroatoms. The summed E-state index contributed by atoms with van der Waals surface area (Å²) in [7, 11) is -4.02. The average Bonchev–Trinajstić information content (AvgIpc) is 2.72. The molecule has 0 heterocycles. The van der Waals surface area contributed by atoms with Gasteiger partial charge in [0.05, 0.1) is 16.6 Å². The van der Waals surface area contributed by atoms with Gasteiger partial charge in [-0.15, -0.1) is 0 Å². The van der Waals surface area contributed by atoms with E-state index in [1.807, 2.05) is 6.92 Å². The summed E-state index contributed by atoms with van der Waals surface area (Å²) in [6.07, 6.45) is 0. The van der Waals surface area contributed by atoms with Crippen LogP contribution in [0.4, 0.5) is 10.1 Å². The second kappa shape index (κ2) is 9.49. The number of anilines is 1. The number of hydrogen-bond donors (Lipinski definition) is 1. The summed E-state index contributed by atoms with van der Waals surface area (Å²) in [5.41, 5.74) is 1.89. The first-order valence-corrected chi connectivity index (χ1v) is 11.4. The van der Waals surface area contributed by atoms with E-state index in [0.29, 0.717) is 10.6 Å². The Bertz CT molecular complexity index is 1170. The van der Waals surface area contributed by atoms with Gasteiger partial charge in [0.1, 0.15) is 12.4 Å². The molecule has 0 saturated carbocycles. The maximum atomic E-state index is 13.3. The van der Waals surface area contributed by atoms with Crippen molar-refractivity contribution in [3.05, 3.63) is 94.8 Å². The molecule has 0 spiro atoms. The Morgan fingerprint density at radius 3 is 2.32 bits per heavy atom. The fourth-order valence-corrected chi connectivity index (χ4v) is 4.63. The molecule has 0 aliphatic heterocycles. The van der Waals surface area contributed by atoms with E-state index in [1.165, 1.54) is 30.3 Å². The number of carbonyl (C=O) groups excluding carboxylic acids is 1. The third kappa shape index (κ3) is 5.62. The smallest absolute Gasteiger partial charge is 0.264 e. The molecule has 3 rings (SSSR count). The molecule has 3 aromatic carbocycles. The van der Waals surface area contributed by atoms with Crippen molar-refractivity contribution in [3.63, 3.8) is 0 Å². The molecule has 0 bridgehead atoms. The molecule has 1 N–H and O–H groups in total. The maximum absolute atomic E-state index is 13.3. The largest absolute Gasteiger partial charge is 0.348 e. The van der Waals surface area contributed by atoms with Gasteiger partial charge in [0.15, 0.2) is 0 Å². The first-order valence-electron chi connectivity index (χ1n) is 9.56. The van der Waals surface area contributed by atoms with Crippen LogP contribution in [0.2, 0.25) is 5.02 Å². The number of carbonyl (C=O) groups is 1. The lowest BCUT2D eigenvalue weighted by molar-refractivity contribution is -0.120. The van der Waals surface area contributed by atoms with E-state index < -0.39 is 28.5 Å². The molecule has 31 heavy (non-hydrogen) atoms. The molecule has 0 saturated heterocycles. The van der Waals surface area contributed by atoms with Crippen LogP contribution in [0, 0.1) is 12.7 Å². The number of aryl methyl sites for hydroxylation is 1. The van der Waals surface area contributed by atoms with Crippen LogP contribution in [0.5, 0.6) is 0 Å². The number of nitrogens with zero attached hydrogens (tertiary/aromatic N) is 1. The third-order valence-electron chi connectivity index (χ3n) is 4.74. The van der Waals surface area contributed by atoms with Crippen molar-refractivity contribution >= 4 is 33.2 Å². The van der Waals surface area contributed by atoms with Crippen LogP contribution in [0.15, 0.2) is 77.7 Å². The molecule has 0 aliphatic rings. The fourth-order valence-electron chi connectivity index (χ4n) is 3.04. The van der Waals surface area contributed by atoms with Crippen LogP contribution < -0.4 is 9.62 Å². The normalized spacial score (nSPS) is 12.3. The molecule has 1 atom stereocenters. The number of benzene rings is 3. The topological polar surface area (TPSA) is 66.5 Å². The monoisotopic (exact) mass is 460 g/mol. The van der Waals surface area contributed by atoms with E-state index in [2.05, 4.69) is 5.32 Å². The highest BCUT2D eigenvalue weighted by Gasteiger charge is 2.28. The van der Waals surface area contributed by atoms with Crippen LogP contribution in [0.25, 0.3) is 0 Å². The minimum absolute atomic E-state index is 0.0671. The molecule has 0 fully saturated rings. The highest BCUT2D eigenvalue weighted by molar-refractivity contribution is 7.92. The maximum Gasteiger partial charge on any atom is 0.264 e. The SMILES string of the molecule is Cc1ccc(S(=O)(=O)N(CC(=O)N[C@@H](C)c2ccc(F)cc2)c2cccc(Cl)c2)cc1. The molecule has 3 aromatic rings. The lowest BCUT2D eigenvalue weighted by atomic mass is 10.1. The van der Waals surface area contributed by atoms with Crippen LogP contribution in [-0.2, 0) is 14.8 Å². The highest BCUT2D eigenvalue weighted by atomic mass is 35.5. The van der Waals surface area contributed by atoms with E-state index in [1.54, 1.807) is 49.4 Å². The van der Waals surface area contributed by atoms with E-state index in [0.717, 1.165) is 9.87 Å². The van der Waals surface area contributed by atoms with Crippen molar-refractivity contribution in [2.75, 3.05) is 10.8 Å². The number of rotatable bonds is 7. The zero-order valence-corrected chi connectivity index (χ0v) is 18.6. The van der Waals surface area contributed by atoms with Crippen molar-refractivity contribution in [2.24, 2.45) is 0 Å². The summed E-state index contributed by atoms with van der Waals surface area (Å²) < 4.78 is 40.9. The van der Waals surface area contributed by atoms with Crippen molar-refractivity contribution in [1.82, 2.24) is 5.32 Å². The van der Waals surface area contributed by atoms with Gasteiger partial charge >= 0.3 is 0 Å². The Labute approximate surface area is 186 Å². The van der Waals surface area contributed by atoms with Crippen molar-refractivity contribution in [3.8, 4) is 0 Å². The van der Waals surface area contributed by atoms with Gasteiger partial charge in [-0.3, -0.25) is 9.10 Å². The number of hydrogen-bond acceptors (Lipinski definition) is 3. The van der Waals surface area contributed by atoms with Crippen molar-refractivity contribution < 1.29 is 17.6 Å². The number of amides is 1. The summed E-state index contributed by atoms with van der Waals surface area (Å²) >= 11 is 6.07. The minimum Gasteiger partial charge on any atom is -0.348 e. The van der Waals surface area contributed by atoms with Gasteiger partial charge in [0, 0.05) is 5.02 Å². The Hall–Kier alpha value is -2.90. The van der Waals surface area contributed by atoms with E-state index in [9.17, 15) is 17.6 Å². The fraction of sp³-hybridized carbons (Fsp3) is 0.174. The average molecular weight is 461 g/mol. The Morgan fingerprint density at radius 2 is 1.71 bits per heavy atom. The predicted octanol–water partition coefficient (Wildman–Crippen LogP) is 4.86. The molecule has 0 aliphatic carbocycles. The molecular weight excluding hydrogens is 439 g/mol. The van der Waals surface area contributed by atoms with Gasteiger partial charge in [-0.05, 0) is 61.9 Å².